The Kier molecular flexibility index (Phi) is 4.89. The van der Waals surface area contributed by atoms with E-state index in [2.05, 4.69) is 38.1 Å². The third-order valence-electron chi connectivity index (χ3n) is 4.61. The van der Waals surface area contributed by atoms with Gasteiger partial charge >= 0.3 is 0 Å². The second-order valence-electron chi connectivity index (χ2n) is 7.36. The summed E-state index contributed by atoms with van der Waals surface area (Å²) in [7, 11) is 1.68. The summed E-state index contributed by atoms with van der Waals surface area (Å²) in [6.45, 7) is 8.69. The maximum absolute atomic E-state index is 12.7. The van der Waals surface area contributed by atoms with Crippen LogP contribution in [0.1, 0.15) is 64.1 Å². The highest BCUT2D eigenvalue weighted by atomic mass is 32.1. The molecule has 0 aliphatic heterocycles. The zero-order valence-corrected chi connectivity index (χ0v) is 14.7. The van der Waals surface area contributed by atoms with E-state index in [1.807, 2.05) is 0 Å². The fourth-order valence-corrected chi connectivity index (χ4v) is 3.88. The summed E-state index contributed by atoms with van der Waals surface area (Å²) in [6, 6.07) is 0. The van der Waals surface area contributed by atoms with Crippen molar-refractivity contribution in [3.05, 3.63) is 16.1 Å². The maximum atomic E-state index is 12.7. The quantitative estimate of drug-likeness (QED) is 0.839. The number of aromatic nitrogens is 1. The molecule has 0 saturated heterocycles. The SMILES string of the molecule is COC1(C(=O)Cc2nc(C(C)(C)C)cs2)CCC(C)CC1. The van der Waals surface area contributed by atoms with Crippen LogP contribution in [0.2, 0.25) is 0 Å². The second kappa shape index (κ2) is 6.17. The molecule has 1 heterocycles. The number of ether oxygens (including phenoxy) is 1. The van der Waals surface area contributed by atoms with Crippen LogP contribution < -0.4 is 0 Å². The highest BCUT2D eigenvalue weighted by molar-refractivity contribution is 7.09. The Morgan fingerprint density at radius 3 is 2.52 bits per heavy atom. The Labute approximate surface area is 132 Å². The van der Waals surface area contributed by atoms with Gasteiger partial charge in [-0.3, -0.25) is 4.79 Å². The van der Waals surface area contributed by atoms with Crippen molar-refractivity contribution in [1.29, 1.82) is 0 Å². The van der Waals surface area contributed by atoms with Crippen LogP contribution in [-0.2, 0) is 21.4 Å². The van der Waals surface area contributed by atoms with Gasteiger partial charge in [-0.1, -0.05) is 27.7 Å². The number of carbonyl (C=O) groups is 1. The molecule has 0 amide bonds. The Hall–Kier alpha value is -0.740. The number of ketones is 1. The monoisotopic (exact) mass is 309 g/mol. The number of thiazole rings is 1. The van der Waals surface area contributed by atoms with Crippen LogP contribution in [0.15, 0.2) is 5.38 Å². The Balaban J connectivity index is 2.08. The molecule has 0 unspecified atom stereocenters. The predicted molar refractivity (Wildman–Crippen MR) is 86.9 cm³/mol. The highest BCUT2D eigenvalue weighted by Crippen LogP contribution is 2.36. The van der Waals surface area contributed by atoms with Crippen LogP contribution in [0.5, 0.6) is 0 Å². The topological polar surface area (TPSA) is 39.2 Å². The summed E-state index contributed by atoms with van der Waals surface area (Å²) < 4.78 is 5.66. The number of Topliss-reactive ketones (excluding diaryl/α,β-unsaturated/α-hetero) is 1. The smallest absolute Gasteiger partial charge is 0.171 e. The van der Waals surface area contributed by atoms with Crippen molar-refractivity contribution in [2.45, 2.75) is 70.8 Å². The first kappa shape index (κ1) is 16.6. The van der Waals surface area contributed by atoms with Gasteiger partial charge in [-0.2, -0.15) is 0 Å². The predicted octanol–water partition coefficient (Wildman–Crippen LogP) is 4.15. The molecule has 118 valence electrons. The summed E-state index contributed by atoms with van der Waals surface area (Å²) in [5, 5.41) is 2.99. The van der Waals surface area contributed by atoms with Gasteiger partial charge in [0.1, 0.15) is 10.6 Å². The minimum absolute atomic E-state index is 0.0387. The molecule has 0 spiro atoms. The molecule has 1 fully saturated rings. The molecular formula is C17H27NO2S. The Bertz CT molecular complexity index is 493. The summed E-state index contributed by atoms with van der Waals surface area (Å²) in [4.78, 5) is 17.4. The van der Waals surface area contributed by atoms with E-state index in [0.29, 0.717) is 12.3 Å². The molecule has 2 rings (SSSR count). The molecule has 0 aromatic carbocycles. The van der Waals surface area contributed by atoms with Gasteiger partial charge in [0, 0.05) is 17.9 Å². The lowest BCUT2D eigenvalue weighted by Gasteiger charge is -2.36. The summed E-state index contributed by atoms with van der Waals surface area (Å²) in [6.07, 6.45) is 4.25. The van der Waals surface area contributed by atoms with E-state index in [1.54, 1.807) is 18.4 Å². The molecule has 3 nitrogen and oxygen atoms in total. The minimum atomic E-state index is -0.569. The van der Waals surface area contributed by atoms with Crippen molar-refractivity contribution in [1.82, 2.24) is 4.98 Å². The first-order valence-electron chi connectivity index (χ1n) is 7.80. The van der Waals surface area contributed by atoms with E-state index < -0.39 is 5.60 Å². The van der Waals surface area contributed by atoms with Gasteiger partial charge in [-0.05, 0) is 31.6 Å². The van der Waals surface area contributed by atoms with Gasteiger partial charge in [0.25, 0.3) is 0 Å². The molecular weight excluding hydrogens is 282 g/mol. The van der Waals surface area contributed by atoms with Crippen molar-refractivity contribution in [2.24, 2.45) is 5.92 Å². The van der Waals surface area contributed by atoms with E-state index in [-0.39, 0.29) is 11.2 Å². The first-order valence-corrected chi connectivity index (χ1v) is 8.68. The highest BCUT2D eigenvalue weighted by Gasteiger charge is 2.41. The van der Waals surface area contributed by atoms with Crippen molar-refractivity contribution < 1.29 is 9.53 Å². The molecule has 4 heteroatoms. The lowest BCUT2D eigenvalue weighted by Crippen LogP contribution is -2.44. The van der Waals surface area contributed by atoms with Gasteiger partial charge in [0.2, 0.25) is 0 Å². The first-order chi connectivity index (χ1) is 9.77. The zero-order chi connectivity index (χ0) is 15.7. The average molecular weight is 309 g/mol. The Morgan fingerprint density at radius 1 is 1.43 bits per heavy atom. The van der Waals surface area contributed by atoms with Crippen LogP contribution in [-0.4, -0.2) is 23.5 Å². The third-order valence-corrected chi connectivity index (χ3v) is 5.46. The second-order valence-corrected chi connectivity index (χ2v) is 8.30. The molecule has 1 aromatic heterocycles. The zero-order valence-electron chi connectivity index (χ0n) is 13.9. The minimum Gasteiger partial charge on any atom is -0.370 e. The van der Waals surface area contributed by atoms with Crippen LogP contribution in [0.3, 0.4) is 0 Å². The van der Waals surface area contributed by atoms with Crippen LogP contribution in [0.25, 0.3) is 0 Å². The van der Waals surface area contributed by atoms with Crippen molar-refractivity contribution >= 4 is 17.1 Å². The number of hydrogen-bond donors (Lipinski definition) is 0. The molecule has 21 heavy (non-hydrogen) atoms. The number of methoxy groups -OCH3 is 1. The van der Waals surface area contributed by atoms with E-state index >= 15 is 0 Å². The van der Waals surface area contributed by atoms with E-state index in [9.17, 15) is 4.79 Å². The van der Waals surface area contributed by atoms with Crippen molar-refractivity contribution in [3.8, 4) is 0 Å². The number of rotatable bonds is 4. The van der Waals surface area contributed by atoms with E-state index in [0.717, 1.165) is 36.4 Å². The fraction of sp³-hybridized carbons (Fsp3) is 0.765. The lowest BCUT2D eigenvalue weighted by atomic mass is 9.76. The fourth-order valence-electron chi connectivity index (χ4n) is 2.86. The molecule has 0 bridgehead atoms. The van der Waals surface area contributed by atoms with Crippen LogP contribution >= 0.6 is 11.3 Å². The molecule has 1 saturated carbocycles. The largest absolute Gasteiger partial charge is 0.370 e. The van der Waals surface area contributed by atoms with Gasteiger partial charge in [-0.15, -0.1) is 11.3 Å². The Morgan fingerprint density at radius 2 is 2.05 bits per heavy atom. The molecule has 1 aliphatic rings. The number of hydrogen-bond acceptors (Lipinski definition) is 4. The van der Waals surface area contributed by atoms with Gasteiger partial charge in [0.15, 0.2) is 5.78 Å². The van der Waals surface area contributed by atoms with Crippen LogP contribution in [0, 0.1) is 5.92 Å². The van der Waals surface area contributed by atoms with Crippen LogP contribution in [0.4, 0.5) is 0 Å². The normalized spacial score (nSPS) is 26.8. The van der Waals surface area contributed by atoms with Gasteiger partial charge < -0.3 is 4.74 Å². The maximum Gasteiger partial charge on any atom is 0.171 e. The standard InChI is InChI=1S/C17H27NO2S/c1-12-6-8-17(20-5,9-7-12)14(19)10-15-18-13(11-21-15)16(2,3)4/h11-12H,6-10H2,1-5H3. The van der Waals surface area contributed by atoms with Gasteiger partial charge in [-0.25, -0.2) is 4.98 Å². The van der Waals surface area contributed by atoms with Gasteiger partial charge in [0.05, 0.1) is 12.1 Å². The average Bonchev–Trinajstić information content (AvgIpc) is 2.88. The van der Waals surface area contributed by atoms with E-state index in [4.69, 9.17) is 4.74 Å². The summed E-state index contributed by atoms with van der Waals surface area (Å²) >= 11 is 1.59. The number of carbonyl (C=O) groups excluding carboxylic acids is 1. The third kappa shape index (κ3) is 3.72. The molecule has 0 radical (unpaired) electrons. The molecule has 1 aliphatic carbocycles. The molecule has 0 atom stereocenters. The summed E-state index contributed by atoms with van der Waals surface area (Å²) in [5.41, 5.74) is 0.538. The molecule has 1 aromatic rings. The van der Waals surface area contributed by atoms with Crippen molar-refractivity contribution in [2.75, 3.05) is 7.11 Å². The van der Waals surface area contributed by atoms with E-state index in [1.165, 1.54) is 0 Å². The van der Waals surface area contributed by atoms with Crippen molar-refractivity contribution in [3.63, 3.8) is 0 Å². The lowest BCUT2D eigenvalue weighted by molar-refractivity contribution is -0.145. The summed E-state index contributed by atoms with van der Waals surface area (Å²) in [5.74, 6) is 0.903. The molecule has 0 N–H and O–H groups in total. The number of nitrogens with zero attached hydrogens (tertiary/aromatic N) is 1.